The highest BCUT2D eigenvalue weighted by molar-refractivity contribution is 5.65. The number of hydrogen-bond acceptors (Lipinski definition) is 0. The maximum Gasteiger partial charge on any atom is 0.0487 e. The van der Waals surface area contributed by atoms with Gasteiger partial charge < -0.3 is 4.57 Å². The number of rotatable bonds is 1. The van der Waals surface area contributed by atoms with Crippen molar-refractivity contribution >= 4 is 6.08 Å². The molecule has 1 aliphatic rings. The summed E-state index contributed by atoms with van der Waals surface area (Å²) in [6, 6.07) is 10.7. The van der Waals surface area contributed by atoms with Crippen molar-refractivity contribution in [2.45, 2.75) is 48.0 Å². The molecule has 1 aromatic heterocycles. The van der Waals surface area contributed by atoms with Crippen LogP contribution in [0, 0.1) is 5.92 Å². The van der Waals surface area contributed by atoms with Crippen molar-refractivity contribution in [3.63, 3.8) is 0 Å². The monoisotopic (exact) mass is 283 g/mol. The summed E-state index contributed by atoms with van der Waals surface area (Å²) in [5, 5.41) is 0. The van der Waals surface area contributed by atoms with Crippen LogP contribution in [-0.4, -0.2) is 4.57 Å². The average Bonchev–Trinajstić information content (AvgIpc) is 3.06. The number of fused-ring (bicyclic) bond motifs is 1. The van der Waals surface area contributed by atoms with Crippen molar-refractivity contribution in [3.05, 3.63) is 59.4 Å². The molecule has 0 aliphatic heterocycles. The van der Waals surface area contributed by atoms with Gasteiger partial charge in [0.1, 0.15) is 0 Å². The minimum atomic E-state index is 0.652. The summed E-state index contributed by atoms with van der Waals surface area (Å²) < 4.78 is 2.21. The Kier molecular flexibility index (Phi) is 7.01. The molecular weight excluding hydrogens is 254 g/mol. The first kappa shape index (κ1) is 17.3. The Hall–Kier alpha value is -1.76. The van der Waals surface area contributed by atoms with Gasteiger partial charge in [0, 0.05) is 18.1 Å². The Labute approximate surface area is 130 Å². The normalized spacial score (nSPS) is 15.7. The second-order valence-corrected chi connectivity index (χ2v) is 4.93. The van der Waals surface area contributed by atoms with Gasteiger partial charge in [0.15, 0.2) is 0 Å². The molecule has 1 nitrogen and oxygen atoms in total. The predicted molar refractivity (Wildman–Crippen MR) is 95.0 cm³/mol. The predicted octanol–water partition coefficient (Wildman–Crippen LogP) is 6.13. The standard InChI is InChI=1S/C16H17N.2C2H6/c1-12-10-14-6-5-7-16(15(14)11-13(12)2)17-8-3-4-9-17;2*1-2/h3-10,13H,11H2,1-2H3;2*1-2H3/t13-;;/m0../s1. The summed E-state index contributed by atoms with van der Waals surface area (Å²) >= 11 is 0. The molecule has 1 aromatic carbocycles. The summed E-state index contributed by atoms with van der Waals surface area (Å²) in [6.07, 6.45) is 7.71. The van der Waals surface area contributed by atoms with E-state index in [1.54, 1.807) is 0 Å². The summed E-state index contributed by atoms with van der Waals surface area (Å²) in [7, 11) is 0. The first-order valence-electron chi connectivity index (χ1n) is 8.19. The molecule has 0 saturated heterocycles. The maximum atomic E-state index is 2.33. The fourth-order valence-electron chi connectivity index (χ4n) is 2.54. The van der Waals surface area contributed by atoms with Crippen LogP contribution >= 0.6 is 0 Å². The van der Waals surface area contributed by atoms with Gasteiger partial charge in [-0.25, -0.2) is 0 Å². The van der Waals surface area contributed by atoms with E-state index in [1.165, 1.54) is 22.4 Å². The zero-order chi connectivity index (χ0) is 15.8. The van der Waals surface area contributed by atoms with E-state index < -0.39 is 0 Å². The molecule has 3 rings (SSSR count). The van der Waals surface area contributed by atoms with E-state index in [0.29, 0.717) is 5.92 Å². The molecule has 0 fully saturated rings. The maximum absolute atomic E-state index is 2.33. The fourth-order valence-corrected chi connectivity index (χ4v) is 2.54. The van der Waals surface area contributed by atoms with Crippen LogP contribution in [0.3, 0.4) is 0 Å². The fraction of sp³-hybridized carbons (Fsp3) is 0.400. The minimum Gasteiger partial charge on any atom is -0.324 e. The second kappa shape index (κ2) is 8.51. The average molecular weight is 283 g/mol. The van der Waals surface area contributed by atoms with Crippen molar-refractivity contribution in [1.82, 2.24) is 4.57 Å². The molecule has 0 unspecified atom stereocenters. The third kappa shape index (κ3) is 3.87. The zero-order valence-corrected chi connectivity index (χ0v) is 14.4. The van der Waals surface area contributed by atoms with Gasteiger partial charge in [-0.2, -0.15) is 0 Å². The SMILES string of the molecule is CC.CC.CC1=Cc2cccc(-n3cccc3)c2C[C@@H]1C. The van der Waals surface area contributed by atoms with Gasteiger partial charge >= 0.3 is 0 Å². The Bertz CT molecular complexity index is 562. The number of aromatic nitrogens is 1. The van der Waals surface area contributed by atoms with Crippen LogP contribution in [0.25, 0.3) is 11.8 Å². The zero-order valence-electron chi connectivity index (χ0n) is 14.4. The van der Waals surface area contributed by atoms with Crippen LogP contribution < -0.4 is 0 Å². The molecule has 21 heavy (non-hydrogen) atoms. The third-order valence-electron chi connectivity index (χ3n) is 3.74. The lowest BCUT2D eigenvalue weighted by atomic mass is 9.84. The molecule has 0 N–H and O–H groups in total. The second-order valence-electron chi connectivity index (χ2n) is 4.93. The van der Waals surface area contributed by atoms with Crippen molar-refractivity contribution in [3.8, 4) is 5.69 Å². The van der Waals surface area contributed by atoms with Crippen molar-refractivity contribution < 1.29 is 0 Å². The largest absolute Gasteiger partial charge is 0.324 e. The Balaban J connectivity index is 0.000000510. The van der Waals surface area contributed by atoms with Crippen LogP contribution in [0.2, 0.25) is 0 Å². The van der Waals surface area contributed by atoms with Gasteiger partial charge in [0.25, 0.3) is 0 Å². The van der Waals surface area contributed by atoms with Crippen LogP contribution in [0.15, 0.2) is 48.3 Å². The van der Waals surface area contributed by atoms with E-state index in [0.717, 1.165) is 6.42 Å². The summed E-state index contributed by atoms with van der Waals surface area (Å²) in [6.45, 7) is 12.5. The van der Waals surface area contributed by atoms with Crippen LogP contribution in [0.1, 0.15) is 52.7 Å². The molecule has 1 atom stereocenters. The van der Waals surface area contributed by atoms with Crippen LogP contribution in [0.4, 0.5) is 0 Å². The topological polar surface area (TPSA) is 4.93 Å². The number of nitrogens with zero attached hydrogens (tertiary/aromatic N) is 1. The van der Waals surface area contributed by atoms with E-state index in [1.807, 2.05) is 27.7 Å². The summed E-state index contributed by atoms with van der Waals surface area (Å²) in [5.74, 6) is 0.652. The Morgan fingerprint density at radius 1 is 0.952 bits per heavy atom. The van der Waals surface area contributed by atoms with Gasteiger partial charge in [0.2, 0.25) is 0 Å². The molecule has 1 heterocycles. The van der Waals surface area contributed by atoms with Crippen LogP contribution in [0.5, 0.6) is 0 Å². The van der Waals surface area contributed by atoms with Crippen LogP contribution in [-0.2, 0) is 6.42 Å². The number of benzene rings is 1. The van der Waals surface area contributed by atoms with Crippen molar-refractivity contribution in [2.24, 2.45) is 5.92 Å². The van der Waals surface area contributed by atoms with Gasteiger partial charge in [0.05, 0.1) is 0 Å². The lowest BCUT2D eigenvalue weighted by Gasteiger charge is -2.23. The molecule has 2 aromatic rings. The van der Waals surface area contributed by atoms with Gasteiger partial charge in [-0.3, -0.25) is 0 Å². The Morgan fingerprint density at radius 2 is 1.57 bits per heavy atom. The number of allylic oxidation sites excluding steroid dienone is 1. The summed E-state index contributed by atoms with van der Waals surface area (Å²) in [5.41, 5.74) is 5.67. The lowest BCUT2D eigenvalue weighted by Crippen LogP contribution is -2.11. The highest BCUT2D eigenvalue weighted by Crippen LogP contribution is 2.31. The first-order valence-corrected chi connectivity index (χ1v) is 8.19. The minimum absolute atomic E-state index is 0.652. The van der Waals surface area contributed by atoms with E-state index in [2.05, 4.69) is 67.2 Å². The van der Waals surface area contributed by atoms with Gasteiger partial charge in [-0.05, 0) is 48.6 Å². The molecule has 0 saturated carbocycles. The van der Waals surface area contributed by atoms with E-state index in [9.17, 15) is 0 Å². The quantitative estimate of drug-likeness (QED) is 0.593. The first-order chi connectivity index (χ1) is 10.3. The highest BCUT2D eigenvalue weighted by Gasteiger charge is 2.17. The lowest BCUT2D eigenvalue weighted by molar-refractivity contribution is 0.669. The molecule has 1 heteroatoms. The van der Waals surface area contributed by atoms with E-state index in [4.69, 9.17) is 0 Å². The molecule has 0 spiro atoms. The Morgan fingerprint density at radius 3 is 2.19 bits per heavy atom. The highest BCUT2D eigenvalue weighted by atomic mass is 14.9. The smallest absolute Gasteiger partial charge is 0.0487 e. The third-order valence-corrected chi connectivity index (χ3v) is 3.74. The van der Waals surface area contributed by atoms with E-state index in [-0.39, 0.29) is 0 Å². The molecule has 1 aliphatic carbocycles. The number of hydrogen-bond donors (Lipinski definition) is 0. The van der Waals surface area contributed by atoms with Crippen molar-refractivity contribution in [2.75, 3.05) is 0 Å². The van der Waals surface area contributed by atoms with Crippen molar-refractivity contribution in [1.29, 1.82) is 0 Å². The van der Waals surface area contributed by atoms with E-state index >= 15 is 0 Å². The molecule has 0 radical (unpaired) electrons. The van der Waals surface area contributed by atoms with Gasteiger partial charge in [-0.1, -0.05) is 58.4 Å². The van der Waals surface area contributed by atoms with Gasteiger partial charge in [-0.15, -0.1) is 0 Å². The molecule has 114 valence electrons. The molecule has 0 bridgehead atoms. The summed E-state index contributed by atoms with van der Waals surface area (Å²) in [4.78, 5) is 0. The molecule has 0 amide bonds. The molecular formula is C20H29N.